The summed E-state index contributed by atoms with van der Waals surface area (Å²) in [6, 6.07) is 7.69. The molecule has 0 bridgehead atoms. The average Bonchev–Trinajstić information content (AvgIpc) is 3.03. The molecule has 1 aliphatic heterocycles. The van der Waals surface area contributed by atoms with Crippen LogP contribution >= 0.6 is 0 Å². The SMILES string of the molecule is Cc1cccc(NC(=O)c2nc(N3CCC(C)CC3)c3cnn(C)c3n2)c1. The molecule has 4 rings (SSSR count). The van der Waals surface area contributed by atoms with Crippen molar-refractivity contribution >= 4 is 28.4 Å². The molecule has 0 aliphatic carbocycles. The molecule has 2 aromatic heterocycles. The average molecular weight is 364 g/mol. The Hall–Kier alpha value is -2.96. The van der Waals surface area contributed by atoms with Gasteiger partial charge < -0.3 is 10.2 Å². The molecular weight excluding hydrogens is 340 g/mol. The summed E-state index contributed by atoms with van der Waals surface area (Å²) in [5, 5.41) is 8.11. The molecule has 1 fully saturated rings. The Labute approximate surface area is 158 Å². The molecule has 1 N–H and O–H groups in total. The molecule has 1 saturated heterocycles. The van der Waals surface area contributed by atoms with Crippen LogP contribution in [0.5, 0.6) is 0 Å². The summed E-state index contributed by atoms with van der Waals surface area (Å²) in [6.45, 7) is 6.13. The van der Waals surface area contributed by atoms with Crippen LogP contribution in [-0.2, 0) is 7.05 Å². The van der Waals surface area contributed by atoms with Crippen LogP contribution in [0.3, 0.4) is 0 Å². The summed E-state index contributed by atoms with van der Waals surface area (Å²) in [7, 11) is 1.83. The number of amides is 1. The maximum atomic E-state index is 12.8. The van der Waals surface area contributed by atoms with Crippen LogP contribution in [0.15, 0.2) is 30.5 Å². The second-order valence-electron chi connectivity index (χ2n) is 7.37. The molecule has 1 aromatic carbocycles. The van der Waals surface area contributed by atoms with Crippen LogP contribution in [0, 0.1) is 12.8 Å². The number of carbonyl (C=O) groups is 1. The molecule has 1 aliphatic rings. The zero-order valence-electron chi connectivity index (χ0n) is 15.9. The number of aryl methyl sites for hydroxylation is 2. The van der Waals surface area contributed by atoms with E-state index in [2.05, 4.69) is 32.2 Å². The van der Waals surface area contributed by atoms with Crippen LogP contribution in [0.2, 0.25) is 0 Å². The Kier molecular flexibility index (Phi) is 4.51. The van der Waals surface area contributed by atoms with Gasteiger partial charge in [-0.25, -0.2) is 9.97 Å². The quantitative estimate of drug-likeness (QED) is 0.773. The first-order chi connectivity index (χ1) is 13.0. The van der Waals surface area contributed by atoms with Gasteiger partial charge in [0.05, 0.1) is 11.6 Å². The second-order valence-corrected chi connectivity index (χ2v) is 7.37. The van der Waals surface area contributed by atoms with Gasteiger partial charge in [0.2, 0.25) is 5.82 Å². The van der Waals surface area contributed by atoms with Crippen LogP contribution in [0.25, 0.3) is 11.0 Å². The summed E-state index contributed by atoms with van der Waals surface area (Å²) < 4.78 is 1.69. The van der Waals surface area contributed by atoms with Gasteiger partial charge in [0.1, 0.15) is 5.82 Å². The molecule has 7 nitrogen and oxygen atoms in total. The van der Waals surface area contributed by atoms with E-state index in [-0.39, 0.29) is 11.7 Å². The van der Waals surface area contributed by atoms with Gasteiger partial charge in [-0.1, -0.05) is 19.1 Å². The van der Waals surface area contributed by atoms with Crippen LogP contribution in [0.4, 0.5) is 11.5 Å². The summed E-state index contributed by atoms with van der Waals surface area (Å²) >= 11 is 0. The summed E-state index contributed by atoms with van der Waals surface area (Å²) in [6.07, 6.45) is 4.03. The van der Waals surface area contributed by atoms with E-state index >= 15 is 0 Å². The maximum absolute atomic E-state index is 12.8. The van der Waals surface area contributed by atoms with Gasteiger partial charge >= 0.3 is 0 Å². The summed E-state index contributed by atoms with van der Waals surface area (Å²) in [5.41, 5.74) is 2.49. The molecule has 7 heteroatoms. The van der Waals surface area contributed by atoms with E-state index < -0.39 is 0 Å². The third-order valence-electron chi connectivity index (χ3n) is 5.13. The number of nitrogens with one attached hydrogen (secondary N) is 1. The molecule has 1 amide bonds. The predicted molar refractivity (Wildman–Crippen MR) is 106 cm³/mol. The predicted octanol–water partition coefficient (Wildman–Crippen LogP) is 3.16. The van der Waals surface area contributed by atoms with Crippen molar-refractivity contribution in [2.75, 3.05) is 23.3 Å². The minimum atomic E-state index is -0.310. The second kappa shape index (κ2) is 6.98. The van der Waals surface area contributed by atoms with E-state index in [4.69, 9.17) is 0 Å². The number of nitrogens with zero attached hydrogens (tertiary/aromatic N) is 5. The fraction of sp³-hybridized carbons (Fsp3) is 0.400. The van der Waals surface area contributed by atoms with E-state index in [1.54, 1.807) is 10.9 Å². The molecule has 0 spiro atoms. The van der Waals surface area contributed by atoms with Crippen molar-refractivity contribution in [1.29, 1.82) is 0 Å². The van der Waals surface area contributed by atoms with Gasteiger partial charge in [-0.05, 0) is 43.4 Å². The Morgan fingerprint density at radius 1 is 1.22 bits per heavy atom. The number of aromatic nitrogens is 4. The first-order valence-electron chi connectivity index (χ1n) is 9.34. The van der Waals surface area contributed by atoms with Crippen molar-refractivity contribution in [2.45, 2.75) is 26.7 Å². The summed E-state index contributed by atoms with van der Waals surface area (Å²) in [5.74, 6) is 1.38. The molecule has 3 heterocycles. The molecule has 0 radical (unpaired) electrons. The third-order valence-corrected chi connectivity index (χ3v) is 5.13. The van der Waals surface area contributed by atoms with Crippen molar-refractivity contribution in [2.24, 2.45) is 13.0 Å². The zero-order chi connectivity index (χ0) is 19.0. The highest BCUT2D eigenvalue weighted by Crippen LogP contribution is 2.28. The van der Waals surface area contributed by atoms with Crippen LogP contribution in [-0.4, -0.2) is 38.7 Å². The number of anilines is 2. The topological polar surface area (TPSA) is 75.9 Å². The number of piperidine rings is 1. The lowest BCUT2D eigenvalue weighted by Crippen LogP contribution is -2.34. The lowest BCUT2D eigenvalue weighted by Gasteiger charge is -2.31. The lowest BCUT2D eigenvalue weighted by molar-refractivity contribution is 0.101. The van der Waals surface area contributed by atoms with E-state index in [0.717, 1.165) is 54.3 Å². The van der Waals surface area contributed by atoms with Gasteiger partial charge in [0.25, 0.3) is 5.91 Å². The number of rotatable bonds is 3. The Balaban J connectivity index is 1.70. The highest BCUT2D eigenvalue weighted by molar-refractivity contribution is 6.03. The standard InChI is InChI=1S/C20H24N6O/c1-13-7-9-26(10-8-13)19-16-12-21-25(3)18(16)23-17(24-19)20(27)22-15-6-4-5-14(2)11-15/h4-6,11-13H,7-10H2,1-3H3,(H,22,27). The van der Waals surface area contributed by atoms with Gasteiger partial charge in [-0.3, -0.25) is 9.48 Å². The fourth-order valence-electron chi connectivity index (χ4n) is 3.48. The van der Waals surface area contributed by atoms with Crippen molar-refractivity contribution in [3.8, 4) is 0 Å². The Morgan fingerprint density at radius 3 is 2.74 bits per heavy atom. The molecule has 3 aromatic rings. The largest absolute Gasteiger partial charge is 0.356 e. The number of hydrogen-bond acceptors (Lipinski definition) is 5. The first kappa shape index (κ1) is 17.5. The van der Waals surface area contributed by atoms with Gasteiger partial charge in [0.15, 0.2) is 5.65 Å². The molecule has 27 heavy (non-hydrogen) atoms. The Bertz CT molecular complexity index is 987. The maximum Gasteiger partial charge on any atom is 0.293 e. The van der Waals surface area contributed by atoms with E-state index in [1.807, 2.05) is 38.2 Å². The van der Waals surface area contributed by atoms with Crippen LogP contribution < -0.4 is 10.2 Å². The minimum Gasteiger partial charge on any atom is -0.356 e. The molecule has 140 valence electrons. The number of carbonyl (C=O) groups excluding carboxylic acids is 1. The number of hydrogen-bond donors (Lipinski definition) is 1. The van der Waals surface area contributed by atoms with Gasteiger partial charge in [-0.2, -0.15) is 5.10 Å². The monoisotopic (exact) mass is 364 g/mol. The first-order valence-corrected chi connectivity index (χ1v) is 9.34. The number of fused-ring (bicyclic) bond motifs is 1. The number of benzene rings is 1. The van der Waals surface area contributed by atoms with Crippen molar-refractivity contribution in [3.05, 3.63) is 41.9 Å². The van der Waals surface area contributed by atoms with Gasteiger partial charge in [0, 0.05) is 25.8 Å². The minimum absolute atomic E-state index is 0.168. The van der Waals surface area contributed by atoms with Crippen molar-refractivity contribution in [1.82, 2.24) is 19.7 Å². The van der Waals surface area contributed by atoms with E-state index in [9.17, 15) is 4.79 Å². The normalized spacial score (nSPS) is 15.3. The molecule has 0 atom stereocenters. The lowest BCUT2D eigenvalue weighted by atomic mass is 9.99. The highest BCUT2D eigenvalue weighted by Gasteiger charge is 2.23. The van der Waals surface area contributed by atoms with E-state index in [0.29, 0.717) is 5.65 Å². The van der Waals surface area contributed by atoms with Crippen molar-refractivity contribution < 1.29 is 4.79 Å². The smallest absolute Gasteiger partial charge is 0.293 e. The Morgan fingerprint density at radius 2 is 2.00 bits per heavy atom. The molecule has 0 unspecified atom stereocenters. The third kappa shape index (κ3) is 3.49. The fourth-order valence-corrected chi connectivity index (χ4v) is 3.48. The zero-order valence-corrected chi connectivity index (χ0v) is 15.9. The van der Waals surface area contributed by atoms with Crippen molar-refractivity contribution in [3.63, 3.8) is 0 Å². The molecular formula is C20H24N6O. The molecule has 0 saturated carbocycles. The van der Waals surface area contributed by atoms with Gasteiger partial charge in [-0.15, -0.1) is 0 Å². The summed E-state index contributed by atoms with van der Waals surface area (Å²) in [4.78, 5) is 24.2. The van der Waals surface area contributed by atoms with E-state index in [1.165, 1.54) is 0 Å². The van der Waals surface area contributed by atoms with Crippen LogP contribution in [0.1, 0.15) is 35.9 Å². The highest BCUT2D eigenvalue weighted by atomic mass is 16.2.